The van der Waals surface area contributed by atoms with Gasteiger partial charge < -0.3 is 9.88 Å². The van der Waals surface area contributed by atoms with Crippen LogP contribution in [0.3, 0.4) is 0 Å². The van der Waals surface area contributed by atoms with Crippen LogP contribution in [0.4, 0.5) is 0 Å². The van der Waals surface area contributed by atoms with Crippen LogP contribution in [0.15, 0.2) is 17.2 Å². The fourth-order valence-electron chi connectivity index (χ4n) is 2.17. The Morgan fingerprint density at radius 2 is 1.95 bits per heavy atom. The summed E-state index contributed by atoms with van der Waals surface area (Å²) in [5, 5.41) is 3.30. The zero-order chi connectivity index (χ0) is 15.9. The van der Waals surface area contributed by atoms with Crippen LogP contribution in [0.2, 0.25) is 0 Å². The number of sulfonamides is 1. The van der Waals surface area contributed by atoms with E-state index in [4.69, 9.17) is 0 Å². The van der Waals surface area contributed by atoms with Gasteiger partial charge in [0, 0.05) is 39.1 Å². The highest BCUT2D eigenvalue weighted by Gasteiger charge is 2.22. The van der Waals surface area contributed by atoms with Crippen LogP contribution in [-0.4, -0.2) is 37.4 Å². The Morgan fingerprint density at radius 1 is 1.24 bits per heavy atom. The average Bonchev–Trinajstić information content (AvgIpc) is 2.81. The molecule has 0 bridgehead atoms. The molecule has 122 valence electrons. The van der Waals surface area contributed by atoms with Crippen molar-refractivity contribution >= 4 is 10.0 Å². The Bertz CT molecular complexity index is 523. The number of unbranched alkanes of at least 4 members (excludes halogenated alkanes) is 2. The van der Waals surface area contributed by atoms with Crippen molar-refractivity contribution in [2.75, 3.05) is 20.1 Å². The second-order valence-corrected chi connectivity index (χ2v) is 7.53. The van der Waals surface area contributed by atoms with Crippen LogP contribution in [0.1, 0.15) is 45.2 Å². The van der Waals surface area contributed by atoms with Gasteiger partial charge in [0.05, 0.1) is 0 Å². The van der Waals surface area contributed by atoms with Gasteiger partial charge in [-0.05, 0) is 25.5 Å². The van der Waals surface area contributed by atoms with Crippen molar-refractivity contribution in [2.24, 2.45) is 7.05 Å². The van der Waals surface area contributed by atoms with Crippen molar-refractivity contribution < 1.29 is 8.42 Å². The Morgan fingerprint density at radius 3 is 2.57 bits per heavy atom. The van der Waals surface area contributed by atoms with Gasteiger partial charge in [-0.3, -0.25) is 0 Å². The number of hydrogen-bond donors (Lipinski definition) is 1. The zero-order valence-corrected chi connectivity index (χ0v) is 14.5. The lowest BCUT2D eigenvalue weighted by Crippen LogP contribution is -2.27. The second-order valence-electron chi connectivity index (χ2n) is 5.49. The molecule has 1 heterocycles. The molecule has 6 heteroatoms. The van der Waals surface area contributed by atoms with Gasteiger partial charge >= 0.3 is 0 Å². The van der Waals surface area contributed by atoms with E-state index in [9.17, 15) is 8.42 Å². The highest BCUT2D eigenvalue weighted by molar-refractivity contribution is 7.89. The third-order valence-corrected chi connectivity index (χ3v) is 5.42. The molecule has 0 aromatic carbocycles. The number of hydrogen-bond acceptors (Lipinski definition) is 3. The molecule has 0 spiro atoms. The smallest absolute Gasteiger partial charge is 0.244 e. The van der Waals surface area contributed by atoms with Crippen LogP contribution in [-0.2, 0) is 23.6 Å². The molecule has 0 atom stereocenters. The molecule has 0 unspecified atom stereocenters. The molecule has 21 heavy (non-hydrogen) atoms. The van der Waals surface area contributed by atoms with Gasteiger partial charge in [-0.1, -0.05) is 26.7 Å². The number of aromatic nitrogens is 1. The average molecular weight is 315 g/mol. The summed E-state index contributed by atoms with van der Waals surface area (Å²) >= 11 is 0. The second kappa shape index (κ2) is 8.56. The topological polar surface area (TPSA) is 54.3 Å². The first-order chi connectivity index (χ1) is 9.93. The molecule has 1 aromatic rings. The minimum Gasteiger partial charge on any atom is -0.352 e. The largest absolute Gasteiger partial charge is 0.352 e. The van der Waals surface area contributed by atoms with Crippen molar-refractivity contribution in [3.05, 3.63) is 18.0 Å². The molecular weight excluding hydrogens is 286 g/mol. The summed E-state index contributed by atoms with van der Waals surface area (Å²) in [5.41, 5.74) is 0.990. The summed E-state index contributed by atoms with van der Waals surface area (Å²) in [5.74, 6) is 0. The minimum atomic E-state index is -3.37. The van der Waals surface area contributed by atoms with Crippen molar-refractivity contribution in [3.63, 3.8) is 0 Å². The standard InChI is InChI=1S/C15H29N3O2S/c1-5-7-8-10-18(4)21(19,20)15-11-14(17(3)13-15)12-16-9-6-2/h11,13,16H,5-10,12H2,1-4H3. The van der Waals surface area contributed by atoms with E-state index in [1.807, 2.05) is 11.6 Å². The molecule has 0 radical (unpaired) electrons. The first-order valence-electron chi connectivity index (χ1n) is 7.75. The maximum Gasteiger partial charge on any atom is 0.244 e. The normalized spacial score (nSPS) is 12.2. The maximum atomic E-state index is 12.5. The van der Waals surface area contributed by atoms with Gasteiger partial charge in [0.1, 0.15) is 4.90 Å². The van der Waals surface area contributed by atoms with Gasteiger partial charge in [-0.15, -0.1) is 0 Å². The molecular formula is C15H29N3O2S. The van der Waals surface area contributed by atoms with E-state index < -0.39 is 10.0 Å². The molecule has 1 rings (SSSR count). The molecule has 1 aromatic heterocycles. The predicted octanol–water partition coefficient (Wildman–Crippen LogP) is 2.34. The van der Waals surface area contributed by atoms with Gasteiger partial charge in [0.25, 0.3) is 0 Å². The summed E-state index contributed by atoms with van der Waals surface area (Å²) in [4.78, 5) is 0.386. The maximum absolute atomic E-state index is 12.5. The van der Waals surface area contributed by atoms with E-state index in [2.05, 4.69) is 19.2 Å². The van der Waals surface area contributed by atoms with Crippen LogP contribution in [0.25, 0.3) is 0 Å². The molecule has 0 fully saturated rings. The molecule has 0 amide bonds. The minimum absolute atomic E-state index is 0.386. The third kappa shape index (κ3) is 5.13. The van der Waals surface area contributed by atoms with Crippen LogP contribution in [0.5, 0.6) is 0 Å². The summed E-state index contributed by atoms with van der Waals surface area (Å²) in [6.45, 7) is 6.43. The monoisotopic (exact) mass is 315 g/mol. The lowest BCUT2D eigenvalue weighted by molar-refractivity contribution is 0.454. The molecule has 0 aliphatic rings. The van der Waals surface area contributed by atoms with Crippen molar-refractivity contribution in [1.82, 2.24) is 14.2 Å². The Labute approximate surface area is 129 Å². The van der Waals surface area contributed by atoms with Crippen molar-refractivity contribution in [3.8, 4) is 0 Å². The highest BCUT2D eigenvalue weighted by atomic mass is 32.2. The highest BCUT2D eigenvalue weighted by Crippen LogP contribution is 2.18. The van der Waals surface area contributed by atoms with Crippen LogP contribution >= 0.6 is 0 Å². The summed E-state index contributed by atoms with van der Waals surface area (Å²) in [6.07, 6.45) is 5.82. The summed E-state index contributed by atoms with van der Waals surface area (Å²) < 4.78 is 28.4. The molecule has 0 saturated carbocycles. The SMILES string of the molecule is CCCCCN(C)S(=O)(=O)c1cc(CNCCC)n(C)c1. The number of aryl methyl sites for hydroxylation is 1. The summed E-state index contributed by atoms with van der Waals surface area (Å²) in [7, 11) is 0.181. The van der Waals surface area contributed by atoms with E-state index in [0.717, 1.165) is 37.9 Å². The van der Waals surface area contributed by atoms with E-state index in [-0.39, 0.29) is 0 Å². The van der Waals surface area contributed by atoms with E-state index in [0.29, 0.717) is 18.0 Å². The molecule has 1 N–H and O–H groups in total. The number of rotatable bonds is 10. The van der Waals surface area contributed by atoms with Gasteiger partial charge in [0.2, 0.25) is 10.0 Å². The van der Waals surface area contributed by atoms with E-state index in [1.54, 1.807) is 19.3 Å². The first-order valence-corrected chi connectivity index (χ1v) is 9.19. The predicted molar refractivity (Wildman–Crippen MR) is 86.8 cm³/mol. The summed E-state index contributed by atoms with van der Waals surface area (Å²) in [6, 6.07) is 1.77. The number of nitrogens with one attached hydrogen (secondary N) is 1. The van der Waals surface area contributed by atoms with Gasteiger partial charge in [-0.25, -0.2) is 12.7 Å². The fraction of sp³-hybridized carbons (Fsp3) is 0.733. The van der Waals surface area contributed by atoms with Crippen molar-refractivity contribution in [1.29, 1.82) is 0 Å². The third-order valence-electron chi connectivity index (χ3n) is 3.60. The zero-order valence-electron chi connectivity index (χ0n) is 13.7. The van der Waals surface area contributed by atoms with E-state index in [1.165, 1.54) is 4.31 Å². The number of nitrogens with zero attached hydrogens (tertiary/aromatic N) is 2. The van der Waals surface area contributed by atoms with Gasteiger partial charge in [-0.2, -0.15) is 0 Å². The molecule has 5 nitrogen and oxygen atoms in total. The lowest BCUT2D eigenvalue weighted by atomic mass is 10.2. The first kappa shape index (κ1) is 18.2. The molecule has 0 saturated heterocycles. The fourth-order valence-corrected chi connectivity index (χ4v) is 3.48. The van der Waals surface area contributed by atoms with Gasteiger partial charge in [0.15, 0.2) is 0 Å². The Hall–Kier alpha value is -0.850. The molecule has 0 aliphatic heterocycles. The van der Waals surface area contributed by atoms with E-state index >= 15 is 0 Å². The van der Waals surface area contributed by atoms with Crippen LogP contribution in [0, 0.1) is 0 Å². The Balaban J connectivity index is 2.76. The van der Waals surface area contributed by atoms with Crippen molar-refractivity contribution in [2.45, 2.75) is 51.0 Å². The Kier molecular flexibility index (Phi) is 7.42. The van der Waals surface area contributed by atoms with Crippen LogP contribution < -0.4 is 5.32 Å². The quantitative estimate of drug-likeness (QED) is 0.674. The molecule has 0 aliphatic carbocycles. The lowest BCUT2D eigenvalue weighted by Gasteiger charge is -2.15.